The number of carbonyl (C=O) groups excluding carboxylic acids is 1. The maximum absolute atomic E-state index is 13.4. The van der Waals surface area contributed by atoms with Gasteiger partial charge in [0, 0.05) is 75.2 Å². The fourth-order valence-electron chi connectivity index (χ4n) is 5.27. The quantitative estimate of drug-likeness (QED) is 0.283. The molecule has 6 rings (SSSR count). The van der Waals surface area contributed by atoms with Gasteiger partial charge in [0.1, 0.15) is 11.3 Å². The number of nitrogens with one attached hydrogen (secondary N) is 1. The van der Waals surface area contributed by atoms with Crippen molar-refractivity contribution in [2.45, 2.75) is 20.4 Å². The Labute approximate surface area is 245 Å². The molecule has 214 valence electrons. The van der Waals surface area contributed by atoms with Crippen LogP contribution in [-0.2, 0) is 13.6 Å². The van der Waals surface area contributed by atoms with Gasteiger partial charge in [0.15, 0.2) is 5.82 Å². The van der Waals surface area contributed by atoms with Crippen LogP contribution in [0.25, 0.3) is 22.4 Å². The summed E-state index contributed by atoms with van der Waals surface area (Å²) in [4.78, 5) is 31.9. The third-order valence-corrected chi connectivity index (χ3v) is 7.87. The number of rotatable bonds is 7. The highest BCUT2D eigenvalue weighted by Gasteiger charge is 2.18. The van der Waals surface area contributed by atoms with Crippen molar-refractivity contribution in [2.75, 3.05) is 38.5 Å². The summed E-state index contributed by atoms with van der Waals surface area (Å²) in [7, 11) is 4.09. The number of pyridine rings is 1. The summed E-state index contributed by atoms with van der Waals surface area (Å²) in [6, 6.07) is 17.3. The minimum atomic E-state index is -0.188. The van der Waals surface area contributed by atoms with E-state index in [-0.39, 0.29) is 5.91 Å². The van der Waals surface area contributed by atoms with Gasteiger partial charge >= 0.3 is 0 Å². The second kappa shape index (κ2) is 11.7. The molecule has 1 saturated heterocycles. The lowest BCUT2D eigenvalue weighted by Crippen LogP contribution is -2.43. The van der Waals surface area contributed by atoms with Crippen molar-refractivity contribution >= 4 is 22.6 Å². The smallest absolute Gasteiger partial charge is 0.256 e. The van der Waals surface area contributed by atoms with Gasteiger partial charge in [0.05, 0.1) is 5.52 Å². The molecule has 0 spiro atoms. The monoisotopic (exact) mass is 561 g/mol. The van der Waals surface area contributed by atoms with Gasteiger partial charge < -0.3 is 19.5 Å². The van der Waals surface area contributed by atoms with Crippen LogP contribution in [0.15, 0.2) is 73.2 Å². The number of hydrogen-bond donors (Lipinski definition) is 1. The van der Waals surface area contributed by atoms with E-state index in [4.69, 9.17) is 14.7 Å². The van der Waals surface area contributed by atoms with E-state index in [2.05, 4.69) is 40.1 Å². The van der Waals surface area contributed by atoms with Crippen LogP contribution in [-0.4, -0.2) is 68.5 Å². The fourth-order valence-corrected chi connectivity index (χ4v) is 5.27. The number of likely N-dealkylation sites (N-methyl/N-ethyl adjacent to an activating group) is 1. The average Bonchev–Trinajstić information content (AvgIpc) is 3.37. The van der Waals surface area contributed by atoms with Crippen molar-refractivity contribution in [1.82, 2.24) is 29.3 Å². The lowest BCUT2D eigenvalue weighted by Gasteiger charge is -2.32. The standard InChI is InChI=1S/C33H35N7O2/c1-22-7-10-27(42-33-30-29(11-13-39(30)4)36-31(37-33)24-6-5-12-34-20-24)19-28(22)32(41)35-26-9-8-25(23(2)18-26)21-40-16-14-38(3)15-17-40/h5-13,18-20H,14-17,21H2,1-4H3,(H,35,41). The molecule has 0 saturated carbocycles. The maximum atomic E-state index is 13.4. The number of ether oxygens (including phenoxy) is 1. The minimum Gasteiger partial charge on any atom is -0.437 e. The molecule has 9 nitrogen and oxygen atoms in total. The van der Waals surface area contributed by atoms with Crippen LogP contribution in [0.4, 0.5) is 5.69 Å². The van der Waals surface area contributed by atoms with Crippen LogP contribution in [0.1, 0.15) is 27.0 Å². The summed E-state index contributed by atoms with van der Waals surface area (Å²) in [5, 5.41) is 3.08. The van der Waals surface area contributed by atoms with Crippen LogP contribution in [0, 0.1) is 13.8 Å². The molecular formula is C33H35N7O2. The van der Waals surface area contributed by atoms with Crippen LogP contribution in [0.2, 0.25) is 0 Å². The second-order valence-corrected chi connectivity index (χ2v) is 11.0. The predicted octanol–water partition coefficient (Wildman–Crippen LogP) is 5.44. The summed E-state index contributed by atoms with van der Waals surface area (Å²) in [6.07, 6.45) is 5.36. The summed E-state index contributed by atoms with van der Waals surface area (Å²) in [6.45, 7) is 9.27. The summed E-state index contributed by atoms with van der Waals surface area (Å²) >= 11 is 0. The number of anilines is 1. The van der Waals surface area contributed by atoms with Gasteiger partial charge in [-0.3, -0.25) is 14.7 Å². The van der Waals surface area contributed by atoms with Gasteiger partial charge in [-0.15, -0.1) is 0 Å². The molecule has 0 radical (unpaired) electrons. The molecule has 2 aromatic carbocycles. The number of fused-ring (bicyclic) bond motifs is 1. The number of carbonyl (C=O) groups is 1. The van der Waals surface area contributed by atoms with Crippen LogP contribution >= 0.6 is 0 Å². The lowest BCUT2D eigenvalue weighted by molar-refractivity contribution is 0.102. The summed E-state index contributed by atoms with van der Waals surface area (Å²) in [5.74, 6) is 1.26. The molecule has 42 heavy (non-hydrogen) atoms. The van der Waals surface area contributed by atoms with E-state index in [9.17, 15) is 4.79 Å². The van der Waals surface area contributed by atoms with Crippen LogP contribution in [0.3, 0.4) is 0 Å². The molecule has 3 aromatic heterocycles. The van der Waals surface area contributed by atoms with Crippen molar-refractivity contribution in [3.8, 4) is 23.0 Å². The summed E-state index contributed by atoms with van der Waals surface area (Å²) in [5.41, 5.74) is 6.93. The van der Waals surface area contributed by atoms with Crippen molar-refractivity contribution in [3.05, 3.63) is 95.4 Å². The van der Waals surface area contributed by atoms with Crippen molar-refractivity contribution in [2.24, 2.45) is 7.05 Å². The molecule has 0 unspecified atom stereocenters. The van der Waals surface area contributed by atoms with Crippen molar-refractivity contribution in [3.63, 3.8) is 0 Å². The normalized spacial score (nSPS) is 14.3. The first kappa shape index (κ1) is 27.6. The second-order valence-electron chi connectivity index (χ2n) is 11.0. The predicted molar refractivity (Wildman–Crippen MR) is 165 cm³/mol. The van der Waals surface area contributed by atoms with E-state index in [1.807, 2.05) is 67.2 Å². The highest BCUT2D eigenvalue weighted by Crippen LogP contribution is 2.31. The van der Waals surface area contributed by atoms with Crippen LogP contribution in [0.5, 0.6) is 11.6 Å². The molecule has 0 bridgehead atoms. The first-order valence-electron chi connectivity index (χ1n) is 14.2. The third-order valence-electron chi connectivity index (χ3n) is 7.87. The van der Waals surface area contributed by atoms with E-state index in [1.54, 1.807) is 18.5 Å². The van der Waals surface area contributed by atoms with E-state index in [0.29, 0.717) is 23.0 Å². The van der Waals surface area contributed by atoms with Crippen LogP contribution < -0.4 is 10.1 Å². The van der Waals surface area contributed by atoms with E-state index >= 15 is 0 Å². The van der Waals surface area contributed by atoms with Gasteiger partial charge in [-0.2, -0.15) is 4.98 Å². The molecule has 9 heteroatoms. The lowest BCUT2D eigenvalue weighted by atomic mass is 10.1. The molecule has 1 fully saturated rings. The Balaban J connectivity index is 1.22. The van der Waals surface area contributed by atoms with E-state index < -0.39 is 0 Å². The zero-order chi connectivity index (χ0) is 29.2. The minimum absolute atomic E-state index is 0.188. The summed E-state index contributed by atoms with van der Waals surface area (Å²) < 4.78 is 8.25. The average molecular weight is 562 g/mol. The fraction of sp³-hybridized carbons (Fsp3) is 0.273. The number of nitrogens with zero attached hydrogens (tertiary/aromatic N) is 6. The van der Waals surface area contributed by atoms with Gasteiger partial charge in [-0.25, -0.2) is 4.98 Å². The number of piperazine rings is 1. The molecule has 1 aliphatic rings. The van der Waals surface area contributed by atoms with Gasteiger partial charge in [0.25, 0.3) is 5.91 Å². The molecule has 1 aliphatic heterocycles. The van der Waals surface area contributed by atoms with Gasteiger partial charge in [0.2, 0.25) is 5.88 Å². The molecule has 1 amide bonds. The number of hydrogen-bond acceptors (Lipinski definition) is 7. The van der Waals surface area contributed by atoms with E-state index in [0.717, 1.165) is 60.6 Å². The SMILES string of the molecule is Cc1cc(NC(=O)c2cc(Oc3nc(-c4cccnc4)nc4ccn(C)c34)ccc2C)ccc1CN1CCN(C)CC1. The van der Waals surface area contributed by atoms with E-state index in [1.165, 1.54) is 11.1 Å². The molecular weight excluding hydrogens is 526 g/mol. The maximum Gasteiger partial charge on any atom is 0.256 e. The Kier molecular flexibility index (Phi) is 7.69. The third kappa shape index (κ3) is 5.88. The van der Waals surface area contributed by atoms with Crippen molar-refractivity contribution < 1.29 is 9.53 Å². The molecule has 0 aliphatic carbocycles. The number of benzene rings is 2. The number of aryl methyl sites for hydroxylation is 3. The largest absolute Gasteiger partial charge is 0.437 e. The molecule has 4 heterocycles. The Morgan fingerprint density at radius 1 is 0.952 bits per heavy atom. The van der Waals surface area contributed by atoms with Crippen molar-refractivity contribution in [1.29, 1.82) is 0 Å². The number of amides is 1. The number of aromatic nitrogens is 4. The van der Waals surface area contributed by atoms with Gasteiger partial charge in [-0.05, 0) is 80.1 Å². The zero-order valence-corrected chi connectivity index (χ0v) is 24.5. The Hall–Kier alpha value is -4.60. The molecule has 5 aromatic rings. The van der Waals surface area contributed by atoms with Gasteiger partial charge in [-0.1, -0.05) is 12.1 Å². The molecule has 1 N–H and O–H groups in total. The first-order valence-corrected chi connectivity index (χ1v) is 14.2. The molecule has 0 atom stereocenters. The highest BCUT2D eigenvalue weighted by atomic mass is 16.5. The Bertz CT molecular complexity index is 1740. The first-order chi connectivity index (χ1) is 20.3. The zero-order valence-electron chi connectivity index (χ0n) is 24.5. The topological polar surface area (TPSA) is 88.4 Å². The Morgan fingerprint density at radius 3 is 2.55 bits per heavy atom. The highest BCUT2D eigenvalue weighted by molar-refractivity contribution is 6.05. The Morgan fingerprint density at radius 2 is 1.79 bits per heavy atom.